The second kappa shape index (κ2) is 14.1. The molecule has 0 saturated heterocycles. The molecule has 0 aliphatic carbocycles. The third-order valence-electron chi connectivity index (χ3n) is 4.05. The highest BCUT2D eigenvalue weighted by Gasteiger charge is 2.36. The third kappa shape index (κ3) is 10.6. The summed E-state index contributed by atoms with van der Waals surface area (Å²) >= 11 is 0. The number of hydrogen-bond donors (Lipinski definition) is 0. The molecule has 0 aliphatic rings. The third-order valence-corrected chi connectivity index (χ3v) is 7.77. The number of hydrogen-bond acceptors (Lipinski definition) is 6. The van der Waals surface area contributed by atoms with Gasteiger partial charge in [-0.25, -0.2) is 0 Å². The number of rotatable bonds is 15. The highest BCUT2D eigenvalue weighted by atomic mass is 28.3. The minimum Gasteiger partial charge on any atom is -0.354 e. The Bertz CT molecular complexity index is 272. The van der Waals surface area contributed by atoms with Gasteiger partial charge in [0.05, 0.1) is 17.2 Å². The van der Waals surface area contributed by atoms with Gasteiger partial charge < -0.3 is 28.4 Å². The average molecular weight is 381 g/mol. The SMILES string of the molecule is CCOC(C)OC(C)[SiH](C(C)OC(C)OCC)C(C)OC(C)OCC. The van der Waals surface area contributed by atoms with Crippen molar-refractivity contribution in [3.05, 3.63) is 0 Å². The van der Waals surface area contributed by atoms with Crippen LogP contribution in [0.2, 0.25) is 0 Å². The lowest BCUT2D eigenvalue weighted by atomic mass is 10.7. The van der Waals surface area contributed by atoms with Gasteiger partial charge in [0.15, 0.2) is 18.9 Å². The maximum Gasteiger partial charge on any atom is 0.154 e. The van der Waals surface area contributed by atoms with E-state index in [1.165, 1.54) is 0 Å². The molecule has 6 unspecified atom stereocenters. The van der Waals surface area contributed by atoms with Crippen LogP contribution in [0.5, 0.6) is 0 Å². The zero-order chi connectivity index (χ0) is 19.4. The summed E-state index contributed by atoms with van der Waals surface area (Å²) in [6.07, 6.45) is -0.742. The summed E-state index contributed by atoms with van der Waals surface area (Å²) in [5, 5.41) is 0. The van der Waals surface area contributed by atoms with Gasteiger partial charge in [-0.15, -0.1) is 0 Å². The van der Waals surface area contributed by atoms with E-state index in [9.17, 15) is 0 Å². The van der Waals surface area contributed by atoms with Crippen molar-refractivity contribution in [1.29, 1.82) is 0 Å². The van der Waals surface area contributed by atoms with Crippen LogP contribution in [0.4, 0.5) is 0 Å². The molecule has 0 aromatic heterocycles. The molecule has 0 aromatic rings. The molecule has 0 heterocycles. The Labute approximate surface area is 156 Å². The summed E-state index contributed by atoms with van der Waals surface area (Å²) in [6, 6.07) is 0. The first-order valence-corrected chi connectivity index (χ1v) is 11.6. The fourth-order valence-corrected chi connectivity index (χ4v) is 6.64. The van der Waals surface area contributed by atoms with Crippen LogP contribution in [-0.2, 0) is 28.4 Å². The maximum absolute atomic E-state index is 6.08. The van der Waals surface area contributed by atoms with Crippen molar-refractivity contribution in [1.82, 2.24) is 0 Å². The Morgan fingerprint density at radius 1 is 0.520 bits per heavy atom. The van der Waals surface area contributed by atoms with Crippen LogP contribution in [0.1, 0.15) is 62.3 Å². The summed E-state index contributed by atoms with van der Waals surface area (Å²) in [6.45, 7) is 19.8. The molecule has 6 atom stereocenters. The van der Waals surface area contributed by atoms with Crippen LogP contribution in [0.15, 0.2) is 0 Å². The van der Waals surface area contributed by atoms with E-state index in [2.05, 4.69) is 20.8 Å². The molecule has 152 valence electrons. The van der Waals surface area contributed by atoms with Crippen molar-refractivity contribution in [2.75, 3.05) is 19.8 Å². The van der Waals surface area contributed by atoms with Crippen LogP contribution in [-0.4, -0.2) is 64.7 Å². The Balaban J connectivity index is 5.00. The minimum absolute atomic E-state index is 0.0224. The summed E-state index contributed by atoms with van der Waals surface area (Å²) in [7, 11) is -1.67. The largest absolute Gasteiger partial charge is 0.354 e. The summed E-state index contributed by atoms with van der Waals surface area (Å²) in [4.78, 5) is 0. The molecule has 0 aliphatic heterocycles. The Morgan fingerprint density at radius 3 is 0.960 bits per heavy atom. The average Bonchev–Trinajstić information content (AvgIpc) is 2.47. The van der Waals surface area contributed by atoms with E-state index in [1.54, 1.807) is 0 Å². The van der Waals surface area contributed by atoms with E-state index >= 15 is 0 Å². The zero-order valence-electron chi connectivity index (χ0n) is 17.6. The molecule has 0 aromatic carbocycles. The molecular formula is C18H40O6Si. The van der Waals surface area contributed by atoms with Gasteiger partial charge in [-0.3, -0.25) is 0 Å². The van der Waals surface area contributed by atoms with Gasteiger partial charge in [0, 0.05) is 19.8 Å². The first kappa shape index (κ1) is 25.0. The lowest BCUT2D eigenvalue weighted by Gasteiger charge is -2.35. The maximum atomic E-state index is 6.08. The van der Waals surface area contributed by atoms with E-state index in [4.69, 9.17) is 28.4 Å². The van der Waals surface area contributed by atoms with Crippen molar-refractivity contribution < 1.29 is 28.4 Å². The van der Waals surface area contributed by atoms with Crippen LogP contribution in [0.25, 0.3) is 0 Å². The van der Waals surface area contributed by atoms with E-state index in [-0.39, 0.29) is 36.1 Å². The predicted molar refractivity (Wildman–Crippen MR) is 102 cm³/mol. The van der Waals surface area contributed by atoms with Gasteiger partial charge in [-0.1, -0.05) is 0 Å². The molecular weight excluding hydrogens is 340 g/mol. The Hall–Kier alpha value is -0.0231. The van der Waals surface area contributed by atoms with E-state index in [0.29, 0.717) is 19.8 Å². The highest BCUT2D eigenvalue weighted by molar-refractivity contribution is 6.62. The lowest BCUT2D eigenvalue weighted by Crippen LogP contribution is -2.53. The van der Waals surface area contributed by atoms with Crippen molar-refractivity contribution >= 4 is 8.80 Å². The fourth-order valence-electron chi connectivity index (χ4n) is 3.15. The second-order valence-electron chi connectivity index (χ2n) is 6.17. The monoisotopic (exact) mass is 380 g/mol. The standard InChI is InChI=1S/C18H40O6Si/c1-10-19-13(4)22-16(7)25(17(8)23-14(5)20-11-2)18(9)24-15(6)21-12-3/h13-18,25H,10-12H2,1-9H3. The normalized spacial score (nSPS) is 20.5. The quantitative estimate of drug-likeness (QED) is 0.321. The van der Waals surface area contributed by atoms with E-state index in [0.717, 1.165) is 0 Å². The van der Waals surface area contributed by atoms with Crippen LogP contribution in [0, 0.1) is 0 Å². The highest BCUT2D eigenvalue weighted by Crippen LogP contribution is 2.18. The van der Waals surface area contributed by atoms with Crippen LogP contribution >= 0.6 is 0 Å². The van der Waals surface area contributed by atoms with Gasteiger partial charge >= 0.3 is 0 Å². The number of ether oxygens (including phenoxy) is 6. The van der Waals surface area contributed by atoms with E-state index < -0.39 is 8.80 Å². The van der Waals surface area contributed by atoms with Gasteiger partial charge in [0.25, 0.3) is 0 Å². The zero-order valence-corrected chi connectivity index (χ0v) is 18.8. The first-order chi connectivity index (χ1) is 11.8. The Kier molecular flexibility index (Phi) is 14.1. The minimum atomic E-state index is -1.67. The first-order valence-electron chi connectivity index (χ1n) is 9.57. The molecule has 0 bridgehead atoms. The molecule has 0 rings (SSSR count). The van der Waals surface area contributed by atoms with Gasteiger partial charge in [-0.2, -0.15) is 0 Å². The van der Waals surface area contributed by atoms with Crippen molar-refractivity contribution in [3.63, 3.8) is 0 Å². The molecule has 7 heteroatoms. The summed E-state index contributed by atoms with van der Waals surface area (Å²) in [5.74, 6) is 0. The molecule has 0 saturated carbocycles. The molecule has 0 amide bonds. The summed E-state index contributed by atoms with van der Waals surface area (Å²) < 4.78 is 34.8. The predicted octanol–water partition coefficient (Wildman–Crippen LogP) is 3.19. The molecule has 25 heavy (non-hydrogen) atoms. The molecule has 0 spiro atoms. The van der Waals surface area contributed by atoms with Crippen molar-refractivity contribution in [2.45, 2.75) is 98.4 Å². The smallest absolute Gasteiger partial charge is 0.154 e. The van der Waals surface area contributed by atoms with Crippen molar-refractivity contribution in [2.24, 2.45) is 0 Å². The van der Waals surface area contributed by atoms with Crippen molar-refractivity contribution in [3.8, 4) is 0 Å². The van der Waals surface area contributed by atoms with Gasteiger partial charge in [0.1, 0.15) is 8.80 Å². The fraction of sp³-hybridized carbons (Fsp3) is 1.00. The van der Waals surface area contributed by atoms with Gasteiger partial charge in [0.2, 0.25) is 0 Å². The van der Waals surface area contributed by atoms with E-state index in [1.807, 2.05) is 41.5 Å². The lowest BCUT2D eigenvalue weighted by molar-refractivity contribution is -0.158. The summed E-state index contributed by atoms with van der Waals surface area (Å²) in [5.41, 5.74) is 0.0672. The molecule has 0 N–H and O–H groups in total. The van der Waals surface area contributed by atoms with Crippen LogP contribution < -0.4 is 0 Å². The Morgan fingerprint density at radius 2 is 0.760 bits per heavy atom. The molecule has 6 nitrogen and oxygen atoms in total. The second-order valence-corrected chi connectivity index (χ2v) is 10.1. The topological polar surface area (TPSA) is 55.4 Å². The molecule has 0 fully saturated rings. The molecule has 0 radical (unpaired) electrons. The van der Waals surface area contributed by atoms with Crippen LogP contribution in [0.3, 0.4) is 0 Å². The van der Waals surface area contributed by atoms with Gasteiger partial charge in [-0.05, 0) is 62.3 Å².